The van der Waals surface area contributed by atoms with Gasteiger partial charge in [-0.25, -0.2) is 0 Å². The van der Waals surface area contributed by atoms with Gasteiger partial charge < -0.3 is 5.73 Å². The Kier molecular flexibility index (Phi) is 1.53. The first kappa shape index (κ1) is 5.88. The largest absolute Gasteiger partial charge is 0.368 e. The molecule has 0 aromatic rings. The molecule has 3 nitrogen and oxygen atoms in total. The minimum atomic E-state index is -0.449. The van der Waals surface area contributed by atoms with E-state index in [1.54, 1.807) is 24.4 Å². The summed E-state index contributed by atoms with van der Waals surface area (Å²) in [7, 11) is 0. The number of nitrogens with two attached hydrogens (primary N) is 1. The lowest BCUT2D eigenvalue weighted by Gasteiger charge is -2.06. The molecule has 0 fully saturated rings. The topological polar surface area (TPSA) is 57.2 Å². The van der Waals surface area contributed by atoms with Crippen molar-refractivity contribution >= 4 is 5.91 Å². The highest BCUT2D eigenvalue weighted by atomic mass is 16.1. The summed E-state index contributed by atoms with van der Waals surface area (Å²) in [5, 5.41) is 3.79. The lowest BCUT2D eigenvalue weighted by atomic mass is 10.2. The lowest BCUT2D eigenvalue weighted by molar-refractivity contribution is -0.118. The monoisotopic (exact) mass is 123 g/mol. The molecule has 0 spiro atoms. The van der Waals surface area contributed by atoms with Crippen LogP contribution in [0.3, 0.4) is 0 Å². The second-order valence-electron chi connectivity index (χ2n) is 1.72. The summed E-state index contributed by atoms with van der Waals surface area (Å²) in [6, 6.07) is -0.449. The van der Waals surface area contributed by atoms with Crippen LogP contribution in [-0.2, 0) is 4.79 Å². The van der Waals surface area contributed by atoms with E-state index in [4.69, 9.17) is 5.73 Å². The molecule has 0 saturated carbocycles. The Morgan fingerprint density at radius 3 is 2.67 bits per heavy atom. The molecule has 1 heterocycles. The standard InChI is InChI=1S/C6H7N2O/c7-6(9)5-3-1-2-4-8-5/h1-5H,(H2,7,9). The first-order valence-corrected chi connectivity index (χ1v) is 2.63. The van der Waals surface area contributed by atoms with Gasteiger partial charge in [0.2, 0.25) is 5.91 Å². The van der Waals surface area contributed by atoms with Crippen LogP contribution in [0.4, 0.5) is 0 Å². The second-order valence-corrected chi connectivity index (χ2v) is 1.72. The summed E-state index contributed by atoms with van der Waals surface area (Å²) < 4.78 is 0. The van der Waals surface area contributed by atoms with Crippen LogP contribution in [0, 0.1) is 0 Å². The van der Waals surface area contributed by atoms with Crippen LogP contribution in [0.5, 0.6) is 0 Å². The highest BCUT2D eigenvalue weighted by Crippen LogP contribution is 1.94. The van der Waals surface area contributed by atoms with E-state index in [1.165, 1.54) is 0 Å². The van der Waals surface area contributed by atoms with Crippen molar-refractivity contribution in [3.63, 3.8) is 0 Å². The Morgan fingerprint density at radius 1 is 1.56 bits per heavy atom. The van der Waals surface area contributed by atoms with Gasteiger partial charge in [-0.05, 0) is 6.08 Å². The molecule has 0 aliphatic carbocycles. The third kappa shape index (κ3) is 1.32. The van der Waals surface area contributed by atoms with Crippen molar-refractivity contribution in [3.05, 3.63) is 24.4 Å². The Labute approximate surface area is 53.2 Å². The summed E-state index contributed by atoms with van der Waals surface area (Å²) in [6.45, 7) is 0. The minimum absolute atomic E-state index is 0.407. The molecule has 0 aromatic carbocycles. The van der Waals surface area contributed by atoms with Crippen LogP contribution in [0.25, 0.3) is 0 Å². The Hall–Kier alpha value is -1.25. The number of carbonyl (C=O) groups is 1. The van der Waals surface area contributed by atoms with Gasteiger partial charge in [-0.1, -0.05) is 12.2 Å². The molecule has 1 unspecified atom stereocenters. The zero-order valence-corrected chi connectivity index (χ0v) is 4.82. The van der Waals surface area contributed by atoms with Crippen molar-refractivity contribution in [2.24, 2.45) is 5.73 Å². The van der Waals surface area contributed by atoms with E-state index in [2.05, 4.69) is 5.32 Å². The number of hydrogen-bond acceptors (Lipinski definition) is 1. The van der Waals surface area contributed by atoms with E-state index in [0.717, 1.165) is 0 Å². The van der Waals surface area contributed by atoms with Gasteiger partial charge in [0.1, 0.15) is 6.04 Å². The molecule has 0 aromatic heterocycles. The zero-order chi connectivity index (χ0) is 6.69. The first-order valence-electron chi connectivity index (χ1n) is 2.63. The van der Waals surface area contributed by atoms with E-state index < -0.39 is 11.9 Å². The molecule has 9 heavy (non-hydrogen) atoms. The lowest BCUT2D eigenvalue weighted by Crippen LogP contribution is -2.33. The number of nitrogens with zero attached hydrogens (tertiary/aromatic N) is 1. The second kappa shape index (κ2) is 2.35. The van der Waals surface area contributed by atoms with Crippen LogP contribution in [0.2, 0.25) is 0 Å². The van der Waals surface area contributed by atoms with Gasteiger partial charge in [0, 0.05) is 6.20 Å². The maximum Gasteiger partial charge on any atom is 0.246 e. The van der Waals surface area contributed by atoms with Crippen molar-refractivity contribution in [1.82, 2.24) is 5.32 Å². The van der Waals surface area contributed by atoms with E-state index in [1.807, 2.05) is 0 Å². The van der Waals surface area contributed by atoms with Gasteiger partial charge in [-0.2, -0.15) is 0 Å². The molecule has 3 heteroatoms. The van der Waals surface area contributed by atoms with Crippen molar-refractivity contribution in [2.45, 2.75) is 6.04 Å². The van der Waals surface area contributed by atoms with Crippen LogP contribution >= 0.6 is 0 Å². The Morgan fingerprint density at radius 2 is 2.33 bits per heavy atom. The fourth-order valence-electron chi connectivity index (χ4n) is 0.579. The summed E-state index contributed by atoms with van der Waals surface area (Å²) in [5.74, 6) is -0.407. The minimum Gasteiger partial charge on any atom is -0.368 e. The average molecular weight is 123 g/mol. The normalized spacial score (nSPS) is 23.3. The SMILES string of the molecule is NC(=O)C1C=CC=C[N]1. The predicted octanol–water partition coefficient (Wildman–Crippen LogP) is -0.472. The number of rotatable bonds is 1. The Bertz CT molecular complexity index is 172. The molecule has 1 radical (unpaired) electrons. The molecule has 47 valence electrons. The van der Waals surface area contributed by atoms with Gasteiger partial charge in [-0.15, -0.1) is 0 Å². The smallest absolute Gasteiger partial charge is 0.246 e. The van der Waals surface area contributed by atoms with E-state index in [0.29, 0.717) is 0 Å². The summed E-state index contributed by atoms with van der Waals surface area (Å²) >= 11 is 0. The number of primary amides is 1. The van der Waals surface area contributed by atoms with Crippen molar-refractivity contribution in [1.29, 1.82) is 0 Å². The highest BCUT2D eigenvalue weighted by Gasteiger charge is 2.10. The van der Waals surface area contributed by atoms with Gasteiger partial charge >= 0.3 is 0 Å². The fraction of sp³-hybridized carbons (Fsp3) is 0.167. The van der Waals surface area contributed by atoms with Crippen LogP contribution in [0.1, 0.15) is 0 Å². The van der Waals surface area contributed by atoms with E-state index >= 15 is 0 Å². The van der Waals surface area contributed by atoms with Gasteiger partial charge in [0.25, 0.3) is 0 Å². The number of carbonyl (C=O) groups excluding carboxylic acids is 1. The molecule has 0 bridgehead atoms. The molecule has 1 aliphatic heterocycles. The molecule has 1 amide bonds. The van der Waals surface area contributed by atoms with Crippen molar-refractivity contribution < 1.29 is 4.79 Å². The number of allylic oxidation sites excluding steroid dienone is 2. The highest BCUT2D eigenvalue weighted by molar-refractivity contribution is 5.82. The summed E-state index contributed by atoms with van der Waals surface area (Å²) in [5.41, 5.74) is 4.95. The fourth-order valence-corrected chi connectivity index (χ4v) is 0.579. The van der Waals surface area contributed by atoms with Gasteiger partial charge in [0.15, 0.2) is 0 Å². The molecule has 1 rings (SSSR count). The quantitative estimate of drug-likeness (QED) is 0.503. The zero-order valence-electron chi connectivity index (χ0n) is 4.82. The molecule has 1 atom stereocenters. The molecule has 0 saturated heterocycles. The third-order valence-electron chi connectivity index (χ3n) is 1.03. The third-order valence-corrected chi connectivity index (χ3v) is 1.03. The predicted molar refractivity (Wildman–Crippen MR) is 33.4 cm³/mol. The molecular weight excluding hydrogens is 116 g/mol. The summed E-state index contributed by atoms with van der Waals surface area (Å²) in [6.07, 6.45) is 6.72. The molecule has 1 aliphatic rings. The van der Waals surface area contributed by atoms with Crippen LogP contribution in [-0.4, -0.2) is 11.9 Å². The van der Waals surface area contributed by atoms with E-state index in [9.17, 15) is 4.79 Å². The maximum atomic E-state index is 10.4. The van der Waals surface area contributed by atoms with Gasteiger partial charge in [-0.3, -0.25) is 10.1 Å². The molecule has 2 N–H and O–H groups in total. The van der Waals surface area contributed by atoms with E-state index in [-0.39, 0.29) is 0 Å². The Balaban J connectivity index is 2.56. The number of amides is 1. The molecular formula is C6H7N2O. The van der Waals surface area contributed by atoms with Crippen LogP contribution in [0.15, 0.2) is 24.4 Å². The number of hydrogen-bond donors (Lipinski definition) is 1. The van der Waals surface area contributed by atoms with Crippen LogP contribution < -0.4 is 11.1 Å². The maximum absolute atomic E-state index is 10.4. The van der Waals surface area contributed by atoms with Crippen molar-refractivity contribution in [3.8, 4) is 0 Å². The summed E-state index contributed by atoms with van der Waals surface area (Å²) in [4.78, 5) is 10.4. The van der Waals surface area contributed by atoms with Crippen molar-refractivity contribution in [2.75, 3.05) is 0 Å². The van der Waals surface area contributed by atoms with Gasteiger partial charge in [0.05, 0.1) is 0 Å². The average Bonchev–Trinajstić information content (AvgIpc) is 1.90. The first-order chi connectivity index (χ1) is 4.30.